The summed E-state index contributed by atoms with van der Waals surface area (Å²) in [5.74, 6) is -1.57. The van der Waals surface area contributed by atoms with Gasteiger partial charge in [0, 0.05) is 18.9 Å². The van der Waals surface area contributed by atoms with E-state index in [2.05, 4.69) is 38.7 Å². The highest BCUT2D eigenvalue weighted by Crippen LogP contribution is 2.43. The number of carbonyl (C=O) groups is 3. The molecule has 1 aromatic rings. The summed E-state index contributed by atoms with van der Waals surface area (Å²) in [5.41, 5.74) is 9.29. The quantitative estimate of drug-likeness (QED) is 0.133. The summed E-state index contributed by atoms with van der Waals surface area (Å²) in [6, 6.07) is 8.73. The molecule has 0 spiro atoms. The van der Waals surface area contributed by atoms with Crippen LogP contribution in [0.3, 0.4) is 0 Å². The second kappa shape index (κ2) is 8.20. The summed E-state index contributed by atoms with van der Waals surface area (Å²) in [4.78, 5) is 39.8. The summed E-state index contributed by atoms with van der Waals surface area (Å²) in [6.07, 6.45) is 0.202. The number of rotatable bonds is 7. The van der Waals surface area contributed by atoms with Gasteiger partial charge < -0.3 is 14.8 Å². The van der Waals surface area contributed by atoms with Crippen molar-refractivity contribution in [2.24, 2.45) is 0 Å². The topological polar surface area (TPSA) is 100 Å². The number of ether oxygens (including phenoxy) is 1. The number of esters is 1. The highest BCUT2D eigenvalue weighted by atomic mass is 28.3. The van der Waals surface area contributed by atoms with Gasteiger partial charge in [-0.3, -0.25) is 9.59 Å². The maximum absolute atomic E-state index is 12.5. The number of Topliss-reactive ketones (excluding diaryl/α,β-unsaturated/α-hetero) is 1. The van der Waals surface area contributed by atoms with Crippen LogP contribution >= 0.6 is 0 Å². The molecule has 0 bridgehead atoms. The molecule has 1 heterocycles. The minimum absolute atomic E-state index is 0.0238. The van der Waals surface area contributed by atoms with Gasteiger partial charge in [-0.25, -0.2) is 4.79 Å². The molecule has 1 atom stereocenters. The Balaban J connectivity index is 2.03. The highest BCUT2D eigenvalue weighted by Gasteiger charge is 2.52. The lowest BCUT2D eigenvalue weighted by atomic mass is 9.98. The zero-order valence-electron chi connectivity index (χ0n) is 17.1. The minimum Gasteiger partial charge on any atom is -0.452 e. The maximum atomic E-state index is 12.5. The van der Waals surface area contributed by atoms with Crippen molar-refractivity contribution >= 4 is 31.6 Å². The molecule has 1 saturated heterocycles. The van der Waals surface area contributed by atoms with Gasteiger partial charge in [0.1, 0.15) is 6.61 Å². The standard InChI is InChI=1S/C20H27N3O4Si/c1-20(2,3)28(4,5)23-15(12-17(23)25)11-16(24)18(22-21)19(26)27-13-14-9-7-6-8-10-14/h6-10,15H,11-13H2,1-5H3. The second-order valence-corrected chi connectivity index (χ2v) is 13.7. The maximum Gasteiger partial charge on any atom is 0.441 e. The molecule has 0 N–H and O–H groups in total. The number of amides is 1. The fourth-order valence-electron chi connectivity index (χ4n) is 3.09. The molecule has 28 heavy (non-hydrogen) atoms. The first-order valence-electron chi connectivity index (χ1n) is 9.27. The van der Waals surface area contributed by atoms with Crippen LogP contribution in [0.4, 0.5) is 0 Å². The minimum atomic E-state index is -2.13. The molecule has 0 aromatic heterocycles. The summed E-state index contributed by atoms with van der Waals surface area (Å²) in [7, 11) is -2.13. The third-order valence-corrected chi connectivity index (χ3v) is 11.2. The number of nitrogens with zero attached hydrogens (tertiary/aromatic N) is 3. The number of carbonyl (C=O) groups excluding carboxylic acids is 3. The van der Waals surface area contributed by atoms with Crippen LogP contribution in [0, 0.1) is 0 Å². The number of ketones is 1. The van der Waals surface area contributed by atoms with Crippen LogP contribution in [-0.4, -0.2) is 47.0 Å². The van der Waals surface area contributed by atoms with Gasteiger partial charge in [-0.15, -0.1) is 0 Å². The molecule has 1 aliphatic rings. The fourth-order valence-corrected chi connectivity index (χ4v) is 5.62. The summed E-state index contributed by atoms with van der Waals surface area (Å²) in [5, 5.41) is -0.0626. The second-order valence-electron chi connectivity index (χ2n) is 8.57. The molecule has 1 aliphatic heterocycles. The normalized spacial score (nSPS) is 16.8. The smallest absolute Gasteiger partial charge is 0.441 e. The Morgan fingerprint density at radius 2 is 1.86 bits per heavy atom. The van der Waals surface area contributed by atoms with Crippen LogP contribution in [0.15, 0.2) is 30.3 Å². The summed E-state index contributed by atoms with van der Waals surface area (Å²) in [6.45, 7) is 10.4. The molecular formula is C20H27N3O4Si. The third-order valence-electron chi connectivity index (χ3n) is 5.67. The molecule has 8 heteroatoms. The van der Waals surface area contributed by atoms with Crippen LogP contribution in [-0.2, 0) is 25.7 Å². The van der Waals surface area contributed by atoms with Crippen molar-refractivity contribution < 1.29 is 23.9 Å². The summed E-state index contributed by atoms with van der Waals surface area (Å²) < 4.78 is 6.91. The van der Waals surface area contributed by atoms with E-state index in [1.165, 1.54) is 0 Å². The average Bonchev–Trinajstić information content (AvgIpc) is 2.59. The monoisotopic (exact) mass is 401 g/mol. The molecule has 1 amide bonds. The van der Waals surface area contributed by atoms with Gasteiger partial charge in [0.15, 0.2) is 8.24 Å². The van der Waals surface area contributed by atoms with Gasteiger partial charge >= 0.3 is 11.7 Å². The number of hydrogen-bond acceptors (Lipinski definition) is 4. The van der Waals surface area contributed by atoms with E-state index in [1.54, 1.807) is 24.3 Å². The predicted molar refractivity (Wildman–Crippen MR) is 107 cm³/mol. The van der Waals surface area contributed by atoms with Crippen molar-refractivity contribution in [3.05, 3.63) is 41.4 Å². The van der Waals surface area contributed by atoms with E-state index in [1.807, 2.05) is 10.6 Å². The van der Waals surface area contributed by atoms with Crippen LogP contribution < -0.4 is 0 Å². The van der Waals surface area contributed by atoms with Crippen molar-refractivity contribution in [3.8, 4) is 0 Å². The van der Waals surface area contributed by atoms with Crippen LogP contribution in [0.25, 0.3) is 5.53 Å². The van der Waals surface area contributed by atoms with E-state index in [9.17, 15) is 14.4 Å². The van der Waals surface area contributed by atoms with E-state index in [4.69, 9.17) is 10.3 Å². The zero-order chi connectivity index (χ0) is 21.1. The number of β-lactam (4-membered cyclic amide) rings is 1. The Morgan fingerprint density at radius 1 is 1.25 bits per heavy atom. The Hall–Kier alpha value is -2.57. The van der Waals surface area contributed by atoms with Gasteiger partial charge in [0.05, 0.1) is 0 Å². The molecule has 2 rings (SSSR count). The molecule has 7 nitrogen and oxygen atoms in total. The van der Waals surface area contributed by atoms with Crippen LogP contribution in [0.5, 0.6) is 0 Å². The van der Waals surface area contributed by atoms with Crippen molar-refractivity contribution in [3.63, 3.8) is 0 Å². The molecular weight excluding hydrogens is 374 g/mol. The van der Waals surface area contributed by atoms with Gasteiger partial charge in [0.25, 0.3) is 5.78 Å². The summed E-state index contributed by atoms with van der Waals surface area (Å²) >= 11 is 0. The highest BCUT2D eigenvalue weighted by molar-refractivity contribution is 6.80. The SMILES string of the molecule is CC(C)(C)[Si](C)(C)N1C(=O)CC1CC(=O)C(=[N+]=[N-])C(=O)OCc1ccccc1. The first-order valence-corrected chi connectivity index (χ1v) is 12.2. The Labute approximate surface area is 166 Å². The molecule has 0 saturated carbocycles. The van der Waals surface area contributed by atoms with Crippen molar-refractivity contribution in [1.82, 2.24) is 4.57 Å². The van der Waals surface area contributed by atoms with Crippen molar-refractivity contribution in [2.75, 3.05) is 0 Å². The molecule has 0 aliphatic carbocycles. The lowest BCUT2D eigenvalue weighted by Gasteiger charge is -2.54. The lowest BCUT2D eigenvalue weighted by Crippen LogP contribution is -2.68. The van der Waals surface area contributed by atoms with Gasteiger partial charge in [-0.1, -0.05) is 64.2 Å². The first kappa shape index (κ1) is 21.7. The first-order chi connectivity index (χ1) is 13.0. The lowest BCUT2D eigenvalue weighted by molar-refractivity contribution is -0.144. The number of benzene rings is 1. The molecule has 150 valence electrons. The van der Waals surface area contributed by atoms with Crippen LogP contribution in [0.2, 0.25) is 18.1 Å². The molecule has 1 fully saturated rings. The van der Waals surface area contributed by atoms with E-state index < -0.39 is 25.7 Å². The van der Waals surface area contributed by atoms with E-state index in [0.717, 1.165) is 5.56 Å². The third kappa shape index (κ3) is 4.46. The Bertz CT molecular complexity index is 824. The van der Waals surface area contributed by atoms with Crippen LogP contribution in [0.1, 0.15) is 39.2 Å². The van der Waals surface area contributed by atoms with E-state index in [0.29, 0.717) is 0 Å². The fraction of sp³-hybridized carbons (Fsp3) is 0.500. The van der Waals surface area contributed by atoms with Gasteiger partial charge in [-0.05, 0) is 10.6 Å². The Kier molecular flexibility index (Phi) is 6.36. The van der Waals surface area contributed by atoms with Gasteiger partial charge in [0.2, 0.25) is 5.91 Å². The molecule has 1 aromatic carbocycles. The Morgan fingerprint density at radius 3 is 2.36 bits per heavy atom. The molecule has 1 unspecified atom stereocenters. The van der Waals surface area contributed by atoms with Crippen molar-refractivity contribution in [1.29, 1.82) is 0 Å². The zero-order valence-corrected chi connectivity index (χ0v) is 18.1. The average molecular weight is 402 g/mol. The van der Waals surface area contributed by atoms with E-state index >= 15 is 0 Å². The van der Waals surface area contributed by atoms with Crippen molar-refractivity contribution in [2.45, 2.75) is 64.4 Å². The molecule has 0 radical (unpaired) electrons. The number of hydrogen-bond donors (Lipinski definition) is 0. The predicted octanol–water partition coefficient (Wildman–Crippen LogP) is 2.97. The largest absolute Gasteiger partial charge is 0.452 e. The van der Waals surface area contributed by atoms with E-state index in [-0.39, 0.29) is 36.4 Å². The van der Waals surface area contributed by atoms with Gasteiger partial charge in [-0.2, -0.15) is 4.79 Å².